The fraction of sp³-hybridized carbons (Fsp3) is 0. The lowest BCUT2D eigenvalue weighted by molar-refractivity contribution is 0.669. The van der Waals surface area contributed by atoms with Crippen molar-refractivity contribution in [3.8, 4) is 0 Å². The average molecular weight is 218 g/mol. The molecule has 0 saturated heterocycles. The third kappa shape index (κ3) is 1.26. The molecule has 2 aromatic carbocycles. The Kier molecular flexibility index (Phi) is 1.67. The molecule has 3 aromatic rings. The molecule has 74 valence electrons. The smallest absolute Gasteiger partial charge is 0.135 e. The molecule has 2 nitrogen and oxygen atoms in total. The van der Waals surface area contributed by atoms with Gasteiger partial charge in [0.25, 0.3) is 0 Å². The van der Waals surface area contributed by atoms with Gasteiger partial charge < -0.3 is 10.2 Å². The predicted molar refractivity (Wildman–Crippen MR) is 63.1 cm³/mol. The van der Waals surface area contributed by atoms with Crippen molar-refractivity contribution in [1.82, 2.24) is 0 Å². The van der Waals surface area contributed by atoms with E-state index in [1.54, 1.807) is 0 Å². The van der Waals surface area contributed by atoms with Crippen LogP contribution in [0, 0.1) is 0 Å². The maximum Gasteiger partial charge on any atom is 0.135 e. The largest absolute Gasteiger partial charge is 0.456 e. The first kappa shape index (κ1) is 8.62. The molecule has 2 N–H and O–H groups in total. The zero-order valence-corrected chi connectivity index (χ0v) is 8.58. The summed E-state index contributed by atoms with van der Waals surface area (Å²) in [6.07, 6.45) is 0. The van der Waals surface area contributed by atoms with Crippen LogP contribution in [0.3, 0.4) is 0 Å². The second kappa shape index (κ2) is 2.91. The number of fused-ring (bicyclic) bond motifs is 3. The molecular formula is C12H8ClNO. The van der Waals surface area contributed by atoms with Crippen molar-refractivity contribution in [1.29, 1.82) is 0 Å². The molecular weight excluding hydrogens is 210 g/mol. The third-order valence-electron chi connectivity index (χ3n) is 2.46. The summed E-state index contributed by atoms with van der Waals surface area (Å²) in [4.78, 5) is 0. The first-order valence-electron chi connectivity index (χ1n) is 4.61. The maximum absolute atomic E-state index is 5.94. The van der Waals surface area contributed by atoms with E-state index in [1.165, 1.54) is 0 Å². The van der Waals surface area contributed by atoms with Crippen LogP contribution >= 0.6 is 11.6 Å². The highest BCUT2D eigenvalue weighted by molar-refractivity contribution is 6.31. The number of halogens is 1. The lowest BCUT2D eigenvalue weighted by Gasteiger charge is -1.92. The number of hydrogen-bond donors (Lipinski definition) is 1. The fourth-order valence-electron chi connectivity index (χ4n) is 1.77. The quantitative estimate of drug-likeness (QED) is 0.582. The van der Waals surface area contributed by atoms with Gasteiger partial charge in [0, 0.05) is 21.5 Å². The van der Waals surface area contributed by atoms with E-state index in [9.17, 15) is 0 Å². The van der Waals surface area contributed by atoms with Gasteiger partial charge in [-0.2, -0.15) is 0 Å². The van der Waals surface area contributed by atoms with Gasteiger partial charge in [-0.05, 0) is 36.4 Å². The summed E-state index contributed by atoms with van der Waals surface area (Å²) in [6, 6.07) is 11.2. The minimum Gasteiger partial charge on any atom is -0.456 e. The molecule has 1 aromatic heterocycles. The lowest BCUT2D eigenvalue weighted by atomic mass is 10.1. The number of furan rings is 1. The molecule has 3 rings (SSSR count). The monoisotopic (exact) mass is 217 g/mol. The molecule has 1 heterocycles. The van der Waals surface area contributed by atoms with Crippen LogP contribution in [0.5, 0.6) is 0 Å². The van der Waals surface area contributed by atoms with Crippen molar-refractivity contribution in [2.45, 2.75) is 0 Å². The third-order valence-corrected chi connectivity index (χ3v) is 2.69. The summed E-state index contributed by atoms with van der Waals surface area (Å²) in [5.74, 6) is 0. The van der Waals surface area contributed by atoms with E-state index in [4.69, 9.17) is 21.8 Å². The maximum atomic E-state index is 5.94. The molecule has 0 fully saturated rings. The second-order valence-corrected chi connectivity index (χ2v) is 3.93. The normalized spacial score (nSPS) is 11.3. The SMILES string of the molecule is Nc1ccc2oc3ccc(Cl)cc3c2c1. The highest BCUT2D eigenvalue weighted by atomic mass is 35.5. The predicted octanol–water partition coefficient (Wildman–Crippen LogP) is 3.82. The van der Waals surface area contributed by atoms with Crippen molar-refractivity contribution in [3.63, 3.8) is 0 Å². The number of anilines is 1. The minimum atomic E-state index is 0.702. The Bertz CT molecular complexity index is 601. The number of rotatable bonds is 0. The molecule has 0 atom stereocenters. The van der Waals surface area contributed by atoms with E-state index in [2.05, 4.69) is 0 Å². The first-order valence-corrected chi connectivity index (χ1v) is 4.99. The van der Waals surface area contributed by atoms with E-state index >= 15 is 0 Å². The van der Waals surface area contributed by atoms with Crippen molar-refractivity contribution < 1.29 is 4.42 Å². The topological polar surface area (TPSA) is 39.2 Å². The van der Waals surface area contributed by atoms with Crippen molar-refractivity contribution >= 4 is 39.2 Å². The van der Waals surface area contributed by atoms with Crippen LogP contribution in [-0.4, -0.2) is 0 Å². The number of nitrogen functional groups attached to an aromatic ring is 1. The molecule has 0 saturated carbocycles. The Morgan fingerprint density at radius 2 is 1.60 bits per heavy atom. The molecule has 0 amide bonds. The Hall–Kier alpha value is -1.67. The Morgan fingerprint density at radius 1 is 0.933 bits per heavy atom. The van der Waals surface area contributed by atoms with Crippen LogP contribution in [0.25, 0.3) is 21.9 Å². The lowest BCUT2D eigenvalue weighted by Crippen LogP contribution is -1.81. The minimum absolute atomic E-state index is 0.702. The summed E-state index contributed by atoms with van der Waals surface area (Å²) in [5.41, 5.74) is 8.13. The zero-order valence-electron chi connectivity index (χ0n) is 7.83. The fourth-order valence-corrected chi connectivity index (χ4v) is 1.94. The standard InChI is InChI=1S/C12H8ClNO/c13-7-1-3-11-9(5-7)10-6-8(14)2-4-12(10)15-11/h1-6H,14H2. The average Bonchev–Trinajstić information content (AvgIpc) is 2.56. The van der Waals surface area contributed by atoms with Crippen LogP contribution < -0.4 is 5.73 Å². The van der Waals surface area contributed by atoms with Gasteiger partial charge in [0.2, 0.25) is 0 Å². The number of hydrogen-bond acceptors (Lipinski definition) is 2. The molecule has 15 heavy (non-hydrogen) atoms. The van der Waals surface area contributed by atoms with Crippen molar-refractivity contribution in [2.24, 2.45) is 0 Å². The van der Waals surface area contributed by atoms with Crippen LogP contribution in [0.1, 0.15) is 0 Å². The number of benzene rings is 2. The van der Waals surface area contributed by atoms with Crippen LogP contribution in [0.2, 0.25) is 5.02 Å². The van der Waals surface area contributed by atoms with Gasteiger partial charge in [-0.25, -0.2) is 0 Å². The molecule has 0 bridgehead atoms. The second-order valence-electron chi connectivity index (χ2n) is 3.50. The van der Waals surface area contributed by atoms with Crippen molar-refractivity contribution in [3.05, 3.63) is 41.4 Å². The summed E-state index contributed by atoms with van der Waals surface area (Å²) in [6.45, 7) is 0. The van der Waals surface area contributed by atoms with E-state index in [0.29, 0.717) is 5.02 Å². The van der Waals surface area contributed by atoms with E-state index in [0.717, 1.165) is 27.6 Å². The van der Waals surface area contributed by atoms with Gasteiger partial charge in [0.1, 0.15) is 11.2 Å². The van der Waals surface area contributed by atoms with Gasteiger partial charge in [0.15, 0.2) is 0 Å². The molecule has 0 aliphatic carbocycles. The summed E-state index contributed by atoms with van der Waals surface area (Å²) >= 11 is 5.94. The molecule has 0 spiro atoms. The molecule has 0 aliphatic heterocycles. The number of nitrogens with two attached hydrogens (primary N) is 1. The van der Waals surface area contributed by atoms with Gasteiger partial charge >= 0.3 is 0 Å². The Morgan fingerprint density at radius 3 is 2.40 bits per heavy atom. The van der Waals surface area contributed by atoms with Gasteiger partial charge in [0.05, 0.1) is 0 Å². The highest BCUT2D eigenvalue weighted by Gasteiger charge is 2.06. The molecule has 3 heteroatoms. The van der Waals surface area contributed by atoms with Gasteiger partial charge in [-0.15, -0.1) is 0 Å². The Balaban J connectivity index is 2.55. The van der Waals surface area contributed by atoms with E-state index in [1.807, 2.05) is 36.4 Å². The summed E-state index contributed by atoms with van der Waals surface area (Å²) in [7, 11) is 0. The summed E-state index contributed by atoms with van der Waals surface area (Å²) in [5, 5.41) is 2.71. The zero-order chi connectivity index (χ0) is 10.4. The Labute approximate surface area is 91.2 Å². The first-order chi connectivity index (χ1) is 7.24. The summed E-state index contributed by atoms with van der Waals surface area (Å²) < 4.78 is 5.65. The van der Waals surface area contributed by atoms with Crippen LogP contribution in [0.4, 0.5) is 5.69 Å². The molecule has 0 aliphatic rings. The van der Waals surface area contributed by atoms with Crippen LogP contribution in [0.15, 0.2) is 40.8 Å². The molecule has 0 radical (unpaired) electrons. The van der Waals surface area contributed by atoms with E-state index in [-0.39, 0.29) is 0 Å². The van der Waals surface area contributed by atoms with Crippen molar-refractivity contribution in [2.75, 3.05) is 5.73 Å². The van der Waals surface area contributed by atoms with Crippen LogP contribution in [-0.2, 0) is 0 Å². The van der Waals surface area contributed by atoms with Gasteiger partial charge in [-0.1, -0.05) is 11.6 Å². The van der Waals surface area contributed by atoms with E-state index < -0.39 is 0 Å². The molecule has 0 unspecified atom stereocenters. The van der Waals surface area contributed by atoms with Gasteiger partial charge in [-0.3, -0.25) is 0 Å². The highest BCUT2D eigenvalue weighted by Crippen LogP contribution is 2.31.